The summed E-state index contributed by atoms with van der Waals surface area (Å²) in [4.78, 5) is 0. The minimum absolute atomic E-state index is 0.000353. The van der Waals surface area contributed by atoms with Gasteiger partial charge in [-0.25, -0.2) is 4.68 Å². The number of nitriles is 1. The maximum absolute atomic E-state index is 9.53. The number of thioether (sulfide) groups is 1. The van der Waals surface area contributed by atoms with Gasteiger partial charge in [-0.2, -0.15) is 22.1 Å². The number of phenols is 1. The maximum Gasteiger partial charge on any atom is 0.133 e. The van der Waals surface area contributed by atoms with Crippen molar-refractivity contribution in [1.82, 2.24) is 9.78 Å². The molecule has 2 rings (SSSR count). The lowest BCUT2D eigenvalue weighted by molar-refractivity contribution is 0.473. The Morgan fingerprint density at radius 3 is 2.80 bits per heavy atom. The number of aromatic nitrogens is 2. The van der Waals surface area contributed by atoms with Crippen molar-refractivity contribution in [3.63, 3.8) is 0 Å². The quantitative estimate of drug-likeness (QED) is 0.938. The van der Waals surface area contributed by atoms with E-state index in [1.165, 1.54) is 6.07 Å². The molecule has 0 aliphatic carbocycles. The molecule has 4 nitrogen and oxygen atoms in total. The maximum atomic E-state index is 9.53. The number of nitrogens with zero attached hydrogens (tertiary/aromatic N) is 3. The minimum atomic E-state index is -0.00802. The predicted molar refractivity (Wildman–Crippen MR) is 81.4 cm³/mol. The summed E-state index contributed by atoms with van der Waals surface area (Å²) in [6.45, 7) is 4.32. The van der Waals surface area contributed by atoms with Gasteiger partial charge in [0.1, 0.15) is 11.8 Å². The number of aromatic hydroxyl groups is 1. The molecule has 0 saturated carbocycles. The molecule has 0 aliphatic rings. The molecule has 0 saturated heterocycles. The first-order valence-corrected chi connectivity index (χ1v) is 7.66. The van der Waals surface area contributed by atoms with Crippen LogP contribution in [0.5, 0.6) is 5.75 Å². The first-order chi connectivity index (χ1) is 9.47. The molecule has 20 heavy (non-hydrogen) atoms. The van der Waals surface area contributed by atoms with E-state index in [0.29, 0.717) is 0 Å². The Hall–Kier alpha value is -1.93. The predicted octanol–water partition coefficient (Wildman–Crippen LogP) is 3.09. The number of phenolic OH excluding ortho intramolecular Hbond substituents is 1. The van der Waals surface area contributed by atoms with Gasteiger partial charge in [0.25, 0.3) is 0 Å². The van der Waals surface area contributed by atoms with Gasteiger partial charge in [0.15, 0.2) is 0 Å². The van der Waals surface area contributed by atoms with Gasteiger partial charge in [-0.15, -0.1) is 0 Å². The highest BCUT2D eigenvalue weighted by Gasteiger charge is 2.23. The largest absolute Gasteiger partial charge is 0.507 e. The smallest absolute Gasteiger partial charge is 0.133 e. The summed E-state index contributed by atoms with van der Waals surface area (Å²) in [5.74, 6) is 0.981. The number of rotatable bonds is 4. The lowest BCUT2D eigenvalue weighted by Gasteiger charge is -2.20. The topological polar surface area (TPSA) is 61.8 Å². The van der Waals surface area contributed by atoms with Crippen molar-refractivity contribution in [3.05, 3.63) is 41.7 Å². The van der Waals surface area contributed by atoms with Gasteiger partial charge in [0.2, 0.25) is 0 Å². The lowest BCUT2D eigenvalue weighted by atomic mass is 9.92. The molecule has 1 aromatic heterocycles. The molecule has 0 spiro atoms. The number of hydrogen-bond donors (Lipinski definition) is 1. The Kier molecular flexibility index (Phi) is 4.05. The Balaban J connectivity index is 2.36. The Labute approximate surface area is 123 Å². The van der Waals surface area contributed by atoms with Gasteiger partial charge in [0.05, 0.1) is 16.9 Å². The monoisotopic (exact) mass is 287 g/mol. The molecular formula is C15H17N3OS. The minimum Gasteiger partial charge on any atom is -0.507 e. The third-order valence-corrected chi connectivity index (χ3v) is 4.16. The molecule has 0 atom stereocenters. The fourth-order valence-corrected chi connectivity index (χ4v) is 2.89. The molecule has 2 aromatic rings. The van der Waals surface area contributed by atoms with E-state index in [0.717, 1.165) is 17.1 Å². The van der Waals surface area contributed by atoms with E-state index >= 15 is 0 Å². The number of benzene rings is 1. The average molecular weight is 287 g/mol. The van der Waals surface area contributed by atoms with E-state index in [2.05, 4.69) is 25.2 Å². The normalized spacial score (nSPS) is 11.3. The second-order valence-corrected chi connectivity index (χ2v) is 6.14. The summed E-state index contributed by atoms with van der Waals surface area (Å²) in [7, 11) is 0. The Morgan fingerprint density at radius 1 is 1.40 bits per heavy atom. The lowest BCUT2D eigenvalue weighted by Crippen LogP contribution is -2.21. The van der Waals surface area contributed by atoms with Crippen LogP contribution < -0.4 is 0 Å². The molecule has 104 valence electrons. The van der Waals surface area contributed by atoms with Gasteiger partial charge in [-0.1, -0.05) is 13.8 Å². The van der Waals surface area contributed by atoms with Crippen molar-refractivity contribution in [2.75, 3.05) is 12.0 Å². The summed E-state index contributed by atoms with van der Waals surface area (Å²) in [5.41, 5.74) is 2.03. The van der Waals surface area contributed by atoms with Crippen LogP contribution in [-0.2, 0) is 5.41 Å². The van der Waals surface area contributed by atoms with Crippen molar-refractivity contribution >= 4 is 11.8 Å². The van der Waals surface area contributed by atoms with Crippen LogP contribution in [0.2, 0.25) is 0 Å². The van der Waals surface area contributed by atoms with Crippen molar-refractivity contribution in [3.8, 4) is 17.5 Å². The van der Waals surface area contributed by atoms with Crippen molar-refractivity contribution < 1.29 is 5.11 Å². The third kappa shape index (κ3) is 2.81. The third-order valence-electron chi connectivity index (χ3n) is 3.15. The first kappa shape index (κ1) is 14.5. The molecule has 1 aromatic carbocycles. The van der Waals surface area contributed by atoms with Crippen LogP contribution in [-0.4, -0.2) is 26.9 Å². The highest BCUT2D eigenvalue weighted by atomic mass is 32.2. The summed E-state index contributed by atoms with van der Waals surface area (Å²) in [6.07, 6.45) is 3.96. The molecule has 0 amide bonds. The summed E-state index contributed by atoms with van der Waals surface area (Å²) >= 11 is 1.79. The van der Waals surface area contributed by atoms with Crippen LogP contribution in [0, 0.1) is 11.3 Å². The second-order valence-electron chi connectivity index (χ2n) is 5.28. The van der Waals surface area contributed by atoms with Gasteiger partial charge in [-0.3, -0.25) is 0 Å². The van der Waals surface area contributed by atoms with Gasteiger partial charge in [0, 0.05) is 17.4 Å². The fraction of sp³-hybridized carbons (Fsp3) is 0.333. The zero-order chi connectivity index (χ0) is 14.8. The SMILES string of the molecule is CSCC(C)(C)c1ccn(-c2ccc(O)c(C#N)c2)n1. The molecule has 1 heterocycles. The van der Waals surface area contributed by atoms with Crippen molar-refractivity contribution in [1.29, 1.82) is 5.26 Å². The van der Waals surface area contributed by atoms with E-state index in [1.807, 2.05) is 18.3 Å². The molecule has 0 bridgehead atoms. The molecule has 1 N–H and O–H groups in total. The molecule has 0 aliphatic heterocycles. The molecule has 5 heteroatoms. The van der Waals surface area contributed by atoms with E-state index in [-0.39, 0.29) is 16.7 Å². The molecule has 0 fully saturated rings. The van der Waals surface area contributed by atoms with Crippen LogP contribution in [0.3, 0.4) is 0 Å². The highest BCUT2D eigenvalue weighted by Crippen LogP contribution is 2.26. The summed E-state index contributed by atoms with van der Waals surface area (Å²) in [6, 6.07) is 8.86. The van der Waals surface area contributed by atoms with E-state index < -0.39 is 0 Å². The molecule has 0 radical (unpaired) electrons. The van der Waals surface area contributed by atoms with E-state index in [4.69, 9.17) is 5.26 Å². The van der Waals surface area contributed by atoms with Gasteiger partial charge >= 0.3 is 0 Å². The van der Waals surface area contributed by atoms with Gasteiger partial charge in [-0.05, 0) is 30.5 Å². The zero-order valence-corrected chi connectivity index (χ0v) is 12.6. The van der Waals surface area contributed by atoms with Crippen LogP contribution in [0.15, 0.2) is 30.5 Å². The highest BCUT2D eigenvalue weighted by molar-refractivity contribution is 7.98. The van der Waals surface area contributed by atoms with Crippen LogP contribution >= 0.6 is 11.8 Å². The van der Waals surface area contributed by atoms with E-state index in [1.54, 1.807) is 28.6 Å². The summed E-state index contributed by atoms with van der Waals surface area (Å²) in [5, 5.41) is 23.1. The van der Waals surface area contributed by atoms with E-state index in [9.17, 15) is 5.11 Å². The first-order valence-electron chi connectivity index (χ1n) is 6.26. The van der Waals surface area contributed by atoms with Gasteiger partial charge < -0.3 is 5.11 Å². The zero-order valence-electron chi connectivity index (χ0n) is 11.8. The standard InChI is InChI=1S/C15H17N3OS/c1-15(2,10-20-3)14-6-7-18(17-14)12-4-5-13(19)11(8-12)9-16/h4-8,19H,10H2,1-3H3. The Morgan fingerprint density at radius 2 is 2.15 bits per heavy atom. The molecular weight excluding hydrogens is 270 g/mol. The average Bonchev–Trinajstić information content (AvgIpc) is 2.89. The number of hydrogen-bond acceptors (Lipinski definition) is 4. The van der Waals surface area contributed by atoms with Crippen LogP contribution in [0.1, 0.15) is 25.1 Å². The van der Waals surface area contributed by atoms with Crippen molar-refractivity contribution in [2.45, 2.75) is 19.3 Å². The second kappa shape index (κ2) is 5.59. The fourth-order valence-electron chi connectivity index (χ4n) is 2.02. The molecule has 0 unspecified atom stereocenters. The Bertz CT molecular complexity index is 655. The van der Waals surface area contributed by atoms with Crippen LogP contribution in [0.25, 0.3) is 5.69 Å². The van der Waals surface area contributed by atoms with Crippen molar-refractivity contribution in [2.24, 2.45) is 0 Å². The van der Waals surface area contributed by atoms with Crippen LogP contribution in [0.4, 0.5) is 0 Å². The summed E-state index contributed by atoms with van der Waals surface area (Å²) < 4.78 is 1.73.